The molecule has 0 spiro atoms. The molecule has 0 radical (unpaired) electrons. The summed E-state index contributed by atoms with van der Waals surface area (Å²) in [6.07, 6.45) is 3.26. The smallest absolute Gasteiger partial charge is 0.161 e. The van der Waals surface area contributed by atoms with Gasteiger partial charge in [0, 0.05) is 19.2 Å². The summed E-state index contributed by atoms with van der Waals surface area (Å²) in [4.78, 5) is 2.46. The molecule has 2 aliphatic rings. The first-order chi connectivity index (χ1) is 9.38. The van der Waals surface area contributed by atoms with Crippen molar-refractivity contribution in [3.63, 3.8) is 0 Å². The molecule has 1 N–H and O–H groups in total. The first-order valence-corrected chi connectivity index (χ1v) is 7.13. The molecule has 2 heterocycles. The first-order valence-electron chi connectivity index (χ1n) is 7.13. The van der Waals surface area contributed by atoms with Crippen LogP contribution in [0.3, 0.4) is 0 Å². The van der Waals surface area contributed by atoms with Crippen molar-refractivity contribution in [3.8, 4) is 11.5 Å². The predicted octanol–water partition coefficient (Wildman–Crippen LogP) is 1.98. The lowest BCUT2D eigenvalue weighted by Crippen LogP contribution is -2.25. The summed E-state index contributed by atoms with van der Waals surface area (Å²) in [7, 11) is 0. The van der Waals surface area contributed by atoms with E-state index in [-0.39, 0.29) is 6.61 Å². The maximum atomic E-state index is 8.98. The molecule has 0 aliphatic carbocycles. The Labute approximate surface area is 113 Å². The summed E-state index contributed by atoms with van der Waals surface area (Å²) in [5.74, 6) is 1.73. The minimum atomic E-state index is 0.268. The van der Waals surface area contributed by atoms with E-state index in [0.717, 1.165) is 31.0 Å². The Morgan fingerprint density at radius 3 is 2.89 bits per heavy atom. The van der Waals surface area contributed by atoms with Crippen molar-refractivity contribution in [1.29, 1.82) is 0 Å². The molecule has 1 unspecified atom stereocenters. The highest BCUT2D eigenvalue weighted by Crippen LogP contribution is 2.37. The van der Waals surface area contributed by atoms with E-state index in [1.807, 2.05) is 6.07 Å². The fraction of sp³-hybridized carbons (Fsp3) is 0.600. The van der Waals surface area contributed by atoms with Crippen LogP contribution in [-0.4, -0.2) is 42.9 Å². The Balaban J connectivity index is 1.77. The molecule has 3 rings (SSSR count). The summed E-state index contributed by atoms with van der Waals surface area (Å²) >= 11 is 0. The number of likely N-dealkylation sites (tertiary alicyclic amines) is 1. The van der Waals surface area contributed by atoms with Gasteiger partial charge in [0.05, 0.1) is 0 Å². The number of rotatable bonds is 4. The highest BCUT2D eigenvalue weighted by atomic mass is 16.6. The summed E-state index contributed by atoms with van der Waals surface area (Å²) in [6.45, 7) is 3.63. The molecule has 19 heavy (non-hydrogen) atoms. The fourth-order valence-corrected chi connectivity index (χ4v) is 3.01. The minimum absolute atomic E-state index is 0.268. The van der Waals surface area contributed by atoms with Crippen LogP contribution >= 0.6 is 0 Å². The third kappa shape index (κ3) is 2.69. The van der Waals surface area contributed by atoms with Gasteiger partial charge >= 0.3 is 0 Å². The van der Waals surface area contributed by atoms with E-state index in [1.165, 1.54) is 18.4 Å². The molecule has 1 saturated heterocycles. The molecule has 1 fully saturated rings. The Kier molecular flexibility index (Phi) is 3.89. The van der Waals surface area contributed by atoms with Crippen LogP contribution in [-0.2, 0) is 0 Å². The van der Waals surface area contributed by atoms with Gasteiger partial charge < -0.3 is 14.6 Å². The van der Waals surface area contributed by atoms with Crippen molar-refractivity contribution >= 4 is 0 Å². The third-order valence-corrected chi connectivity index (χ3v) is 3.92. The van der Waals surface area contributed by atoms with Crippen LogP contribution in [0.4, 0.5) is 0 Å². The second-order valence-electron chi connectivity index (χ2n) is 5.17. The molecule has 2 aliphatic heterocycles. The van der Waals surface area contributed by atoms with Crippen LogP contribution in [0.25, 0.3) is 0 Å². The average Bonchev–Trinajstić information content (AvgIpc) is 2.93. The van der Waals surface area contributed by atoms with E-state index in [1.54, 1.807) is 0 Å². The van der Waals surface area contributed by atoms with Crippen molar-refractivity contribution in [2.45, 2.75) is 25.3 Å². The van der Waals surface area contributed by atoms with Crippen LogP contribution in [0, 0.1) is 0 Å². The molecule has 0 saturated carbocycles. The van der Waals surface area contributed by atoms with Crippen LogP contribution in [0.2, 0.25) is 0 Å². The van der Waals surface area contributed by atoms with E-state index < -0.39 is 0 Å². The average molecular weight is 263 g/mol. The number of nitrogens with zero attached hydrogens (tertiary/aromatic N) is 1. The van der Waals surface area contributed by atoms with Crippen LogP contribution in [0.5, 0.6) is 11.5 Å². The van der Waals surface area contributed by atoms with Crippen molar-refractivity contribution in [2.24, 2.45) is 0 Å². The SMILES string of the molecule is OCCCN1CCCC1c1ccc2c(c1)OCCO2. The van der Waals surface area contributed by atoms with Gasteiger partial charge in [-0.25, -0.2) is 0 Å². The molecular formula is C15H21NO3. The maximum Gasteiger partial charge on any atom is 0.161 e. The standard InChI is InChI=1S/C15H21NO3/c17-8-2-7-16-6-1-3-13(16)12-4-5-14-15(11-12)19-10-9-18-14/h4-5,11,13,17H,1-3,6-10H2. The zero-order valence-electron chi connectivity index (χ0n) is 11.2. The van der Waals surface area contributed by atoms with Crippen LogP contribution < -0.4 is 9.47 Å². The topological polar surface area (TPSA) is 41.9 Å². The highest BCUT2D eigenvalue weighted by Gasteiger charge is 2.26. The van der Waals surface area contributed by atoms with Crippen molar-refractivity contribution in [1.82, 2.24) is 4.90 Å². The molecule has 104 valence electrons. The second kappa shape index (κ2) is 5.80. The molecule has 1 aromatic rings. The first kappa shape index (κ1) is 12.8. The second-order valence-corrected chi connectivity index (χ2v) is 5.17. The lowest BCUT2D eigenvalue weighted by atomic mass is 10.0. The fourth-order valence-electron chi connectivity index (χ4n) is 3.01. The van der Waals surface area contributed by atoms with Gasteiger partial charge in [-0.05, 0) is 43.5 Å². The maximum absolute atomic E-state index is 8.98. The van der Waals surface area contributed by atoms with Gasteiger partial charge in [-0.15, -0.1) is 0 Å². The largest absolute Gasteiger partial charge is 0.486 e. The van der Waals surface area contributed by atoms with Crippen LogP contribution in [0.15, 0.2) is 18.2 Å². The number of hydrogen-bond donors (Lipinski definition) is 1. The molecule has 0 bridgehead atoms. The van der Waals surface area contributed by atoms with Gasteiger partial charge in [-0.3, -0.25) is 4.90 Å². The number of hydrogen-bond acceptors (Lipinski definition) is 4. The van der Waals surface area contributed by atoms with Crippen LogP contribution in [0.1, 0.15) is 30.9 Å². The van der Waals surface area contributed by atoms with E-state index >= 15 is 0 Å². The van der Waals surface area contributed by atoms with Gasteiger partial charge in [-0.1, -0.05) is 6.07 Å². The zero-order valence-corrected chi connectivity index (χ0v) is 11.2. The monoisotopic (exact) mass is 263 g/mol. The number of aliphatic hydroxyl groups excluding tert-OH is 1. The highest BCUT2D eigenvalue weighted by molar-refractivity contribution is 5.44. The summed E-state index contributed by atoms with van der Waals surface area (Å²) < 4.78 is 11.2. The molecule has 1 aromatic carbocycles. The quantitative estimate of drug-likeness (QED) is 0.902. The van der Waals surface area contributed by atoms with E-state index in [2.05, 4.69) is 17.0 Å². The van der Waals surface area contributed by atoms with Crippen molar-refractivity contribution in [2.75, 3.05) is 32.9 Å². The number of ether oxygens (including phenoxy) is 2. The van der Waals surface area contributed by atoms with E-state index in [0.29, 0.717) is 19.3 Å². The third-order valence-electron chi connectivity index (χ3n) is 3.92. The molecule has 0 amide bonds. The lowest BCUT2D eigenvalue weighted by molar-refractivity contribution is 0.170. The zero-order chi connectivity index (χ0) is 13.1. The molecule has 4 nitrogen and oxygen atoms in total. The summed E-state index contributed by atoms with van der Waals surface area (Å²) in [5, 5.41) is 8.98. The van der Waals surface area contributed by atoms with Gasteiger partial charge in [0.1, 0.15) is 13.2 Å². The number of benzene rings is 1. The minimum Gasteiger partial charge on any atom is -0.486 e. The Hall–Kier alpha value is -1.26. The van der Waals surface area contributed by atoms with Gasteiger partial charge in [-0.2, -0.15) is 0 Å². The summed E-state index contributed by atoms with van der Waals surface area (Å²) in [6, 6.07) is 6.75. The molecule has 4 heteroatoms. The predicted molar refractivity (Wildman–Crippen MR) is 72.7 cm³/mol. The van der Waals surface area contributed by atoms with Gasteiger partial charge in [0.15, 0.2) is 11.5 Å². The Morgan fingerprint density at radius 1 is 1.21 bits per heavy atom. The molecular weight excluding hydrogens is 242 g/mol. The van der Waals surface area contributed by atoms with E-state index in [4.69, 9.17) is 14.6 Å². The van der Waals surface area contributed by atoms with Crippen molar-refractivity contribution in [3.05, 3.63) is 23.8 Å². The van der Waals surface area contributed by atoms with Gasteiger partial charge in [0.2, 0.25) is 0 Å². The number of fused-ring (bicyclic) bond motifs is 1. The Bertz CT molecular complexity index is 435. The normalized spacial score (nSPS) is 22.7. The lowest BCUT2D eigenvalue weighted by Gasteiger charge is -2.26. The van der Waals surface area contributed by atoms with Crippen molar-refractivity contribution < 1.29 is 14.6 Å². The molecule has 1 atom stereocenters. The van der Waals surface area contributed by atoms with E-state index in [9.17, 15) is 0 Å². The Morgan fingerprint density at radius 2 is 2.05 bits per heavy atom. The number of aliphatic hydroxyl groups is 1. The summed E-state index contributed by atoms with van der Waals surface area (Å²) in [5.41, 5.74) is 1.31. The molecule has 0 aromatic heterocycles. The van der Waals surface area contributed by atoms with Gasteiger partial charge in [0.25, 0.3) is 0 Å².